The van der Waals surface area contributed by atoms with Crippen LogP contribution in [0.2, 0.25) is 5.02 Å². The first-order valence-corrected chi connectivity index (χ1v) is 8.55. The fourth-order valence-electron chi connectivity index (χ4n) is 1.65. The second-order valence-electron chi connectivity index (χ2n) is 4.16. The fourth-order valence-corrected chi connectivity index (χ4v) is 4.06. The van der Waals surface area contributed by atoms with E-state index in [0.717, 1.165) is 17.0 Å². The summed E-state index contributed by atoms with van der Waals surface area (Å²) in [5.41, 5.74) is 6.80. The first-order chi connectivity index (χ1) is 9.33. The van der Waals surface area contributed by atoms with Gasteiger partial charge in [-0.15, -0.1) is 11.3 Å². The molecule has 2 rings (SSSR count). The summed E-state index contributed by atoms with van der Waals surface area (Å²) in [6, 6.07) is 4.19. The Kier molecular flexibility index (Phi) is 4.22. The van der Waals surface area contributed by atoms with Crippen molar-refractivity contribution in [3.63, 3.8) is 0 Å². The molecule has 20 heavy (non-hydrogen) atoms. The first-order valence-electron chi connectivity index (χ1n) is 5.87. The van der Waals surface area contributed by atoms with E-state index in [4.69, 9.17) is 17.3 Å². The molecule has 0 fully saturated rings. The first kappa shape index (κ1) is 15.1. The zero-order chi connectivity index (χ0) is 14.9. The molecule has 5 nitrogen and oxygen atoms in total. The maximum atomic E-state index is 12.2. The minimum Gasteiger partial charge on any atom is -0.398 e. The number of nitrogens with two attached hydrogens (primary N) is 1. The van der Waals surface area contributed by atoms with E-state index in [-0.39, 0.29) is 9.92 Å². The molecule has 1 aromatic carbocycles. The van der Waals surface area contributed by atoms with Crippen LogP contribution in [-0.4, -0.2) is 13.4 Å². The molecule has 0 aliphatic heterocycles. The van der Waals surface area contributed by atoms with E-state index in [0.29, 0.717) is 10.8 Å². The van der Waals surface area contributed by atoms with Crippen LogP contribution < -0.4 is 10.5 Å². The molecule has 2 aromatic rings. The van der Waals surface area contributed by atoms with Crippen LogP contribution in [0.4, 0.5) is 10.8 Å². The molecule has 0 bridgehead atoms. The number of rotatable bonds is 4. The Morgan fingerprint density at radius 2 is 2.15 bits per heavy atom. The van der Waals surface area contributed by atoms with Gasteiger partial charge in [0.1, 0.15) is 0 Å². The molecule has 1 heterocycles. The molecule has 1 aromatic heterocycles. The van der Waals surface area contributed by atoms with E-state index in [1.807, 2.05) is 13.8 Å². The second-order valence-corrected chi connectivity index (χ2v) is 7.46. The summed E-state index contributed by atoms with van der Waals surface area (Å²) in [5, 5.41) is 0.560. The number of aromatic nitrogens is 1. The number of nitrogens with one attached hydrogen (secondary N) is 1. The van der Waals surface area contributed by atoms with Crippen LogP contribution in [0.15, 0.2) is 23.1 Å². The minimum atomic E-state index is -3.71. The Balaban J connectivity index is 2.32. The fraction of sp³-hybridized carbons (Fsp3) is 0.250. The van der Waals surface area contributed by atoms with Gasteiger partial charge in [0.05, 0.1) is 21.3 Å². The number of benzene rings is 1. The maximum Gasteiger partial charge on any atom is 0.263 e. The summed E-state index contributed by atoms with van der Waals surface area (Å²) in [7, 11) is -3.71. The SMILES string of the molecule is CCc1nc(NS(=O)(=O)c2ccc(N)c(Cl)c2)sc1C. The van der Waals surface area contributed by atoms with Crippen LogP contribution in [0.3, 0.4) is 0 Å². The van der Waals surface area contributed by atoms with Gasteiger partial charge in [0.25, 0.3) is 10.0 Å². The summed E-state index contributed by atoms with van der Waals surface area (Å²) >= 11 is 7.15. The predicted molar refractivity (Wildman–Crippen MR) is 82.9 cm³/mol. The highest BCUT2D eigenvalue weighted by Crippen LogP contribution is 2.27. The standard InChI is InChI=1S/C12H14ClN3O2S2/c1-3-11-7(2)19-12(15-11)16-20(17,18)8-4-5-10(14)9(13)6-8/h4-6H,3,14H2,1-2H3,(H,15,16). The third-order valence-corrected chi connectivity index (χ3v) is 5.45. The summed E-state index contributed by atoms with van der Waals surface area (Å²) < 4.78 is 26.9. The van der Waals surface area contributed by atoms with E-state index in [9.17, 15) is 8.42 Å². The van der Waals surface area contributed by atoms with Crippen LogP contribution >= 0.6 is 22.9 Å². The molecule has 0 saturated heterocycles. The number of halogens is 1. The van der Waals surface area contributed by atoms with Crippen LogP contribution in [-0.2, 0) is 16.4 Å². The van der Waals surface area contributed by atoms with Gasteiger partial charge in [-0.25, -0.2) is 13.4 Å². The number of nitrogens with zero attached hydrogens (tertiary/aromatic N) is 1. The Labute approximate surface area is 126 Å². The highest BCUT2D eigenvalue weighted by atomic mass is 35.5. The van der Waals surface area contributed by atoms with Crippen molar-refractivity contribution in [3.8, 4) is 0 Å². The Morgan fingerprint density at radius 3 is 2.70 bits per heavy atom. The highest BCUT2D eigenvalue weighted by molar-refractivity contribution is 7.93. The quantitative estimate of drug-likeness (QED) is 0.843. The number of nitrogen functional groups attached to an aromatic ring is 1. The normalized spacial score (nSPS) is 11.6. The number of anilines is 2. The lowest BCUT2D eigenvalue weighted by molar-refractivity contribution is 0.601. The van der Waals surface area contributed by atoms with Crippen molar-refractivity contribution in [2.45, 2.75) is 25.2 Å². The van der Waals surface area contributed by atoms with E-state index >= 15 is 0 Å². The van der Waals surface area contributed by atoms with Gasteiger partial charge in [0, 0.05) is 4.88 Å². The minimum absolute atomic E-state index is 0.0580. The molecule has 108 valence electrons. The van der Waals surface area contributed by atoms with Gasteiger partial charge in [0.2, 0.25) is 0 Å². The number of aryl methyl sites for hydroxylation is 2. The summed E-state index contributed by atoms with van der Waals surface area (Å²) in [4.78, 5) is 5.31. The van der Waals surface area contributed by atoms with Crippen molar-refractivity contribution in [3.05, 3.63) is 33.8 Å². The van der Waals surface area contributed by atoms with Gasteiger partial charge in [-0.05, 0) is 31.5 Å². The zero-order valence-electron chi connectivity index (χ0n) is 11.0. The topological polar surface area (TPSA) is 85.1 Å². The van der Waals surface area contributed by atoms with Crippen molar-refractivity contribution in [2.75, 3.05) is 10.5 Å². The molecule has 0 unspecified atom stereocenters. The van der Waals surface area contributed by atoms with Crippen LogP contribution in [0.5, 0.6) is 0 Å². The molecule has 0 aliphatic carbocycles. The Hall–Kier alpha value is -1.31. The van der Waals surface area contributed by atoms with E-state index in [1.54, 1.807) is 0 Å². The average molecular weight is 332 g/mol. The van der Waals surface area contributed by atoms with Gasteiger partial charge < -0.3 is 5.73 Å². The van der Waals surface area contributed by atoms with Gasteiger partial charge in [-0.1, -0.05) is 18.5 Å². The number of hydrogen-bond acceptors (Lipinski definition) is 5. The third kappa shape index (κ3) is 3.05. The molecule has 0 atom stereocenters. The molecule has 8 heteroatoms. The summed E-state index contributed by atoms with van der Waals surface area (Å²) in [5.74, 6) is 0. The second kappa shape index (κ2) is 5.59. The molecular formula is C12H14ClN3O2S2. The van der Waals surface area contributed by atoms with Crippen molar-refractivity contribution < 1.29 is 8.42 Å². The molecule has 0 spiro atoms. The molecule has 0 radical (unpaired) electrons. The summed E-state index contributed by atoms with van der Waals surface area (Å²) in [6.45, 7) is 3.88. The summed E-state index contributed by atoms with van der Waals surface area (Å²) in [6.07, 6.45) is 0.762. The van der Waals surface area contributed by atoms with Gasteiger partial charge in [-0.2, -0.15) is 0 Å². The molecule has 3 N–H and O–H groups in total. The predicted octanol–water partition coefficient (Wildman–Crippen LogP) is 3.05. The van der Waals surface area contributed by atoms with Gasteiger partial charge in [-0.3, -0.25) is 4.72 Å². The van der Waals surface area contributed by atoms with Crippen LogP contribution in [0, 0.1) is 6.92 Å². The third-order valence-electron chi connectivity index (χ3n) is 2.73. The number of sulfonamides is 1. The zero-order valence-corrected chi connectivity index (χ0v) is 13.4. The van der Waals surface area contributed by atoms with Gasteiger partial charge >= 0.3 is 0 Å². The lowest BCUT2D eigenvalue weighted by atomic mass is 10.3. The largest absolute Gasteiger partial charge is 0.398 e. The van der Waals surface area contributed by atoms with Crippen molar-refractivity contribution in [2.24, 2.45) is 0 Å². The van der Waals surface area contributed by atoms with E-state index in [1.165, 1.54) is 29.5 Å². The lowest BCUT2D eigenvalue weighted by Gasteiger charge is -2.06. The highest BCUT2D eigenvalue weighted by Gasteiger charge is 2.18. The molecule has 0 amide bonds. The maximum absolute atomic E-state index is 12.2. The number of thiazole rings is 1. The number of hydrogen-bond donors (Lipinski definition) is 2. The van der Waals surface area contributed by atoms with Crippen LogP contribution in [0.1, 0.15) is 17.5 Å². The Morgan fingerprint density at radius 1 is 1.45 bits per heavy atom. The van der Waals surface area contributed by atoms with E-state index < -0.39 is 10.0 Å². The average Bonchev–Trinajstić information content (AvgIpc) is 2.71. The smallest absolute Gasteiger partial charge is 0.263 e. The Bertz CT molecular complexity index is 741. The molecule has 0 saturated carbocycles. The molecular weight excluding hydrogens is 318 g/mol. The monoisotopic (exact) mass is 331 g/mol. The van der Waals surface area contributed by atoms with Gasteiger partial charge in [0.15, 0.2) is 5.13 Å². The van der Waals surface area contributed by atoms with Crippen LogP contribution in [0.25, 0.3) is 0 Å². The van der Waals surface area contributed by atoms with Crippen molar-refractivity contribution in [1.29, 1.82) is 0 Å². The van der Waals surface area contributed by atoms with Crippen molar-refractivity contribution >= 4 is 43.8 Å². The lowest BCUT2D eigenvalue weighted by Crippen LogP contribution is -2.13. The van der Waals surface area contributed by atoms with Crippen molar-refractivity contribution in [1.82, 2.24) is 4.98 Å². The van der Waals surface area contributed by atoms with E-state index in [2.05, 4.69) is 9.71 Å². The molecule has 0 aliphatic rings.